The van der Waals surface area contributed by atoms with E-state index >= 15 is 0 Å². The third-order valence-electron chi connectivity index (χ3n) is 5.00. The number of carbonyl (C=O) groups excluding carboxylic acids is 2. The van der Waals surface area contributed by atoms with Gasteiger partial charge in [-0.3, -0.25) is 19.3 Å². The number of benzene rings is 1. The maximum Gasteiger partial charge on any atom is 0.352 e. The van der Waals surface area contributed by atoms with Crippen molar-refractivity contribution in [3.63, 3.8) is 0 Å². The maximum atomic E-state index is 13.1. The number of aliphatic carboxylic acids is 2. The van der Waals surface area contributed by atoms with Gasteiger partial charge in [-0.15, -0.1) is 22.0 Å². The average Bonchev–Trinajstić information content (AvgIpc) is 3.30. The molecule has 3 N–H and O–H groups in total. The van der Waals surface area contributed by atoms with E-state index in [0.29, 0.717) is 5.75 Å². The number of hydrogen-bond acceptors (Lipinski definition) is 10. The predicted molar refractivity (Wildman–Crippen MR) is 117 cm³/mol. The third kappa shape index (κ3) is 4.56. The van der Waals surface area contributed by atoms with Crippen LogP contribution >= 0.6 is 23.5 Å². The van der Waals surface area contributed by atoms with Crippen LogP contribution < -0.4 is 4.84 Å². The van der Waals surface area contributed by atoms with Crippen LogP contribution in [0.1, 0.15) is 13.3 Å². The van der Waals surface area contributed by atoms with Gasteiger partial charge in [0.05, 0.1) is 6.42 Å². The molecule has 15 heteroatoms. The zero-order valence-electron chi connectivity index (χ0n) is 17.5. The number of fused-ring (bicyclic) bond motifs is 1. The van der Waals surface area contributed by atoms with Gasteiger partial charge in [-0.1, -0.05) is 30.0 Å². The first-order valence-corrected chi connectivity index (χ1v) is 11.8. The fourth-order valence-electron chi connectivity index (χ4n) is 3.59. The standard InChI is InChI=1S/C19H18N6O7S2/c1-9(26)25(32-10-5-3-2-4-6-10)15-16(29)24-14(18(30)31)11(8-33-17(15)24)12(7-13(27)28)34-19-20-22-23-21-19/h2-6,12,15,17H,7-8H2,1H3,(H,27,28)(H,30,31)(H,20,21,22,23)/t12?,15?,17-/m0/s1. The molecule has 1 aromatic heterocycles. The number of amides is 2. The Morgan fingerprint density at radius 1 is 1.32 bits per heavy atom. The van der Waals surface area contributed by atoms with Crippen molar-refractivity contribution in [2.45, 2.75) is 35.2 Å². The van der Waals surface area contributed by atoms with Gasteiger partial charge in [-0.25, -0.2) is 4.79 Å². The monoisotopic (exact) mass is 506 g/mol. The molecule has 13 nitrogen and oxygen atoms in total. The maximum absolute atomic E-state index is 13.1. The molecule has 0 radical (unpaired) electrons. The van der Waals surface area contributed by atoms with E-state index in [4.69, 9.17) is 4.84 Å². The van der Waals surface area contributed by atoms with Crippen molar-refractivity contribution in [1.29, 1.82) is 0 Å². The van der Waals surface area contributed by atoms with Gasteiger partial charge in [0.15, 0.2) is 11.8 Å². The van der Waals surface area contributed by atoms with E-state index in [1.54, 1.807) is 30.3 Å². The van der Waals surface area contributed by atoms with Crippen LogP contribution in [-0.2, 0) is 19.2 Å². The van der Waals surface area contributed by atoms with Crippen molar-refractivity contribution in [3.05, 3.63) is 41.6 Å². The van der Waals surface area contributed by atoms with E-state index in [-0.39, 0.29) is 22.2 Å². The van der Waals surface area contributed by atoms with E-state index in [2.05, 4.69) is 20.6 Å². The van der Waals surface area contributed by atoms with Crippen molar-refractivity contribution in [3.8, 4) is 5.75 Å². The van der Waals surface area contributed by atoms with Crippen LogP contribution in [0.3, 0.4) is 0 Å². The zero-order chi connectivity index (χ0) is 24.4. The van der Waals surface area contributed by atoms with Crippen LogP contribution in [0.15, 0.2) is 46.8 Å². The number of tetrazole rings is 1. The number of para-hydroxylation sites is 1. The molecule has 34 heavy (non-hydrogen) atoms. The highest BCUT2D eigenvalue weighted by Crippen LogP contribution is 2.45. The molecule has 2 aliphatic heterocycles. The highest BCUT2D eigenvalue weighted by atomic mass is 32.2. The summed E-state index contributed by atoms with van der Waals surface area (Å²) >= 11 is 2.15. The van der Waals surface area contributed by atoms with E-state index < -0.39 is 46.8 Å². The second-order valence-electron chi connectivity index (χ2n) is 7.18. The van der Waals surface area contributed by atoms with Gasteiger partial charge in [0.2, 0.25) is 5.16 Å². The quantitative estimate of drug-likeness (QED) is 0.245. The molecule has 2 aliphatic rings. The summed E-state index contributed by atoms with van der Waals surface area (Å²) in [6.45, 7) is 1.25. The third-order valence-corrected chi connectivity index (χ3v) is 7.41. The van der Waals surface area contributed by atoms with Crippen molar-refractivity contribution in [2.24, 2.45) is 0 Å². The van der Waals surface area contributed by atoms with E-state index in [9.17, 15) is 29.4 Å². The molecule has 1 fully saturated rings. The molecular weight excluding hydrogens is 488 g/mol. The summed E-state index contributed by atoms with van der Waals surface area (Å²) in [6, 6.07) is 7.39. The SMILES string of the molecule is CC(=O)N(Oc1ccccc1)C1C(=O)N2C(C(=O)O)=C(C(CC(=O)O)Sc3nn[nH]n3)CS[C@@H]12. The van der Waals surface area contributed by atoms with Gasteiger partial charge in [0.25, 0.3) is 11.8 Å². The Bertz CT molecular complexity index is 1140. The van der Waals surface area contributed by atoms with Gasteiger partial charge in [-0.05, 0) is 22.9 Å². The van der Waals surface area contributed by atoms with Crippen LogP contribution in [0.25, 0.3) is 0 Å². The van der Waals surface area contributed by atoms with Crippen molar-refractivity contribution < 1.29 is 34.2 Å². The Balaban J connectivity index is 1.64. The second kappa shape index (κ2) is 9.72. The molecule has 0 bridgehead atoms. The highest BCUT2D eigenvalue weighted by Gasteiger charge is 2.58. The summed E-state index contributed by atoms with van der Waals surface area (Å²) in [5.74, 6) is -3.24. The molecule has 1 aromatic carbocycles. The lowest BCUT2D eigenvalue weighted by Gasteiger charge is -2.52. The van der Waals surface area contributed by atoms with Crippen molar-refractivity contribution >= 4 is 47.3 Å². The molecule has 0 saturated carbocycles. The van der Waals surface area contributed by atoms with Crippen LogP contribution in [0, 0.1) is 0 Å². The normalized spacial score (nSPS) is 20.3. The Labute approximate surface area is 200 Å². The summed E-state index contributed by atoms with van der Waals surface area (Å²) in [5.41, 5.74) is -0.0634. The molecule has 2 unspecified atom stereocenters. The molecule has 0 spiro atoms. The molecule has 1 saturated heterocycles. The van der Waals surface area contributed by atoms with E-state index in [1.165, 1.54) is 18.7 Å². The van der Waals surface area contributed by atoms with E-state index in [1.807, 2.05) is 0 Å². The minimum atomic E-state index is -1.38. The topological polar surface area (TPSA) is 179 Å². The Kier molecular flexibility index (Phi) is 6.74. The largest absolute Gasteiger partial charge is 0.481 e. The molecule has 2 aromatic rings. The highest BCUT2D eigenvalue weighted by molar-refractivity contribution is 8.01. The van der Waals surface area contributed by atoms with E-state index in [0.717, 1.165) is 21.7 Å². The number of rotatable bonds is 9. The van der Waals surface area contributed by atoms with Gasteiger partial charge in [-0.2, -0.15) is 10.3 Å². The Hall–Kier alpha value is -3.59. The fraction of sp³-hybridized carbons (Fsp3) is 0.316. The number of thioether (sulfide) groups is 2. The van der Waals surface area contributed by atoms with Gasteiger partial charge >= 0.3 is 11.9 Å². The van der Waals surface area contributed by atoms with Crippen LogP contribution in [0.4, 0.5) is 0 Å². The lowest BCUT2D eigenvalue weighted by atomic mass is 10.00. The Morgan fingerprint density at radius 2 is 2.06 bits per heavy atom. The number of nitrogens with zero attached hydrogens (tertiary/aromatic N) is 5. The van der Waals surface area contributed by atoms with Gasteiger partial charge < -0.3 is 15.1 Å². The van der Waals surface area contributed by atoms with Crippen LogP contribution in [0.2, 0.25) is 0 Å². The average molecular weight is 507 g/mol. The molecular formula is C19H18N6O7S2. The summed E-state index contributed by atoms with van der Waals surface area (Å²) in [4.78, 5) is 55.8. The lowest BCUT2D eigenvalue weighted by molar-refractivity contribution is -0.187. The number of aromatic amines is 1. The predicted octanol–water partition coefficient (Wildman–Crippen LogP) is 0.600. The summed E-state index contributed by atoms with van der Waals surface area (Å²) < 4.78 is 0. The van der Waals surface area contributed by atoms with Gasteiger partial charge in [0.1, 0.15) is 11.1 Å². The first kappa shape index (κ1) is 23.6. The zero-order valence-corrected chi connectivity index (χ0v) is 19.2. The molecule has 4 rings (SSSR count). The number of hydrogen-bond donors (Lipinski definition) is 3. The van der Waals surface area contributed by atoms with Crippen LogP contribution in [0.5, 0.6) is 5.75 Å². The number of carboxylic acids is 2. The first-order chi connectivity index (χ1) is 16.3. The summed E-state index contributed by atoms with van der Waals surface area (Å²) in [6.07, 6.45) is -0.418. The summed E-state index contributed by atoms with van der Waals surface area (Å²) in [7, 11) is 0. The molecule has 0 aliphatic carbocycles. The summed E-state index contributed by atoms with van der Waals surface area (Å²) in [5, 5.41) is 32.1. The number of hydroxylamine groups is 2. The second-order valence-corrected chi connectivity index (χ2v) is 9.46. The first-order valence-electron chi connectivity index (χ1n) is 9.83. The number of nitrogens with one attached hydrogen (secondary N) is 1. The number of H-pyrrole nitrogens is 1. The molecule has 3 atom stereocenters. The van der Waals surface area contributed by atoms with Gasteiger partial charge in [0, 0.05) is 17.9 Å². The number of β-lactam (4-membered cyclic amide) rings is 1. The minimum absolute atomic E-state index is 0.118. The minimum Gasteiger partial charge on any atom is -0.481 e. The molecule has 2 amide bonds. The fourth-order valence-corrected chi connectivity index (χ4v) is 6.15. The number of carboxylic acid groups (broad SMARTS) is 2. The molecule has 3 heterocycles. The number of aromatic nitrogens is 4. The smallest absolute Gasteiger partial charge is 0.352 e. The van der Waals surface area contributed by atoms with Crippen molar-refractivity contribution in [2.75, 3.05) is 5.75 Å². The van der Waals surface area contributed by atoms with Crippen LogP contribution in [-0.4, -0.2) is 87.0 Å². The lowest BCUT2D eigenvalue weighted by Crippen LogP contribution is -2.71. The number of carbonyl (C=O) groups is 4. The Morgan fingerprint density at radius 3 is 2.65 bits per heavy atom. The van der Waals surface area contributed by atoms with Crippen molar-refractivity contribution in [1.82, 2.24) is 30.6 Å². The molecule has 178 valence electrons.